The number of hydrogen-bond acceptors (Lipinski definition) is 4. The number of anilines is 1. The van der Waals surface area contributed by atoms with Gasteiger partial charge in [0, 0.05) is 51.5 Å². The van der Waals surface area contributed by atoms with Gasteiger partial charge < -0.3 is 15.1 Å². The molecule has 0 amide bonds. The van der Waals surface area contributed by atoms with Crippen LogP contribution in [0.2, 0.25) is 0 Å². The molecule has 7 nitrogen and oxygen atoms in total. The first-order chi connectivity index (χ1) is 13.4. The Morgan fingerprint density at radius 3 is 2.50 bits per heavy atom. The molecule has 2 N–H and O–H groups in total. The molecule has 1 aliphatic heterocycles. The molecule has 1 aromatic rings. The van der Waals surface area contributed by atoms with Crippen LogP contribution in [0.4, 0.5) is 5.69 Å². The molecule has 0 spiro atoms. The van der Waals surface area contributed by atoms with Crippen LogP contribution in [0.5, 0.6) is 0 Å². The van der Waals surface area contributed by atoms with Gasteiger partial charge in [0.1, 0.15) is 0 Å². The average Bonchev–Trinajstić information content (AvgIpc) is 2.69. The molecule has 0 unspecified atom stereocenters. The zero-order valence-electron chi connectivity index (χ0n) is 17.7. The summed E-state index contributed by atoms with van der Waals surface area (Å²) in [7, 11) is -3.12. The van der Waals surface area contributed by atoms with Gasteiger partial charge in [-0.3, -0.25) is 4.99 Å². The predicted molar refractivity (Wildman–Crippen MR) is 118 cm³/mol. The third-order valence-corrected chi connectivity index (χ3v) is 6.53. The van der Waals surface area contributed by atoms with Gasteiger partial charge in [-0.2, -0.15) is 0 Å². The second kappa shape index (κ2) is 10.7. The van der Waals surface area contributed by atoms with Crippen LogP contribution in [0.25, 0.3) is 0 Å². The number of nitrogens with zero attached hydrogens (tertiary/aromatic N) is 3. The molecule has 1 heterocycles. The summed E-state index contributed by atoms with van der Waals surface area (Å²) in [5.74, 6) is 1.03. The third-order valence-electron chi connectivity index (χ3n) is 5.13. The number of aryl methyl sites for hydroxylation is 1. The van der Waals surface area contributed by atoms with Gasteiger partial charge in [-0.15, -0.1) is 0 Å². The van der Waals surface area contributed by atoms with Gasteiger partial charge >= 0.3 is 0 Å². The summed E-state index contributed by atoms with van der Waals surface area (Å²) >= 11 is 0. The molecule has 28 heavy (non-hydrogen) atoms. The van der Waals surface area contributed by atoms with E-state index in [1.165, 1.54) is 16.8 Å². The van der Waals surface area contributed by atoms with Crippen LogP contribution in [0.1, 0.15) is 31.4 Å². The lowest BCUT2D eigenvalue weighted by atomic mass is 10.1. The third kappa shape index (κ3) is 6.38. The second-order valence-corrected chi connectivity index (χ2v) is 9.18. The molecule has 1 fully saturated rings. The van der Waals surface area contributed by atoms with E-state index in [0.29, 0.717) is 19.5 Å². The van der Waals surface area contributed by atoms with Crippen molar-refractivity contribution in [1.82, 2.24) is 14.9 Å². The molecule has 0 radical (unpaired) electrons. The second-order valence-electron chi connectivity index (χ2n) is 7.08. The molecule has 1 aromatic carbocycles. The lowest BCUT2D eigenvalue weighted by Crippen LogP contribution is -2.52. The quantitative estimate of drug-likeness (QED) is 0.388. The highest BCUT2D eigenvalue weighted by molar-refractivity contribution is 7.89. The van der Waals surface area contributed by atoms with E-state index in [9.17, 15) is 8.42 Å². The minimum atomic E-state index is -3.12. The first kappa shape index (κ1) is 22.5. The van der Waals surface area contributed by atoms with Crippen molar-refractivity contribution >= 4 is 21.7 Å². The van der Waals surface area contributed by atoms with Crippen molar-refractivity contribution in [1.29, 1.82) is 0 Å². The standard InChI is InChI=1S/C20H35N5O2S/c1-5-21-20(22-11-8-12-23-28(26,27)6-2)25-15-13-24(14-16-25)19-10-7-9-17(3)18(19)4/h7,9-10,23H,5-6,8,11-16H2,1-4H3,(H,21,22). The Bertz CT molecular complexity index is 756. The van der Waals surface area contributed by atoms with Gasteiger partial charge in [0.25, 0.3) is 0 Å². The van der Waals surface area contributed by atoms with Crippen molar-refractivity contribution in [3.8, 4) is 0 Å². The maximum absolute atomic E-state index is 11.5. The largest absolute Gasteiger partial charge is 0.368 e. The van der Waals surface area contributed by atoms with Gasteiger partial charge in [0.15, 0.2) is 5.96 Å². The molecule has 2 rings (SSSR count). The molecule has 8 heteroatoms. The molecule has 0 atom stereocenters. The summed E-state index contributed by atoms with van der Waals surface area (Å²) in [6.07, 6.45) is 0.691. The Balaban J connectivity index is 1.88. The minimum absolute atomic E-state index is 0.115. The van der Waals surface area contributed by atoms with Crippen LogP contribution in [0, 0.1) is 13.8 Å². The summed E-state index contributed by atoms with van der Waals surface area (Å²) in [6, 6.07) is 6.49. The SMILES string of the molecule is CCNC(=NCCCNS(=O)(=O)CC)N1CCN(c2cccc(C)c2C)CC1. The lowest BCUT2D eigenvalue weighted by molar-refractivity contribution is 0.372. The fourth-order valence-corrected chi connectivity index (χ4v) is 3.92. The molecule has 1 saturated heterocycles. The predicted octanol–water partition coefficient (Wildman–Crippen LogP) is 1.72. The lowest BCUT2D eigenvalue weighted by Gasteiger charge is -2.38. The Labute approximate surface area is 170 Å². The Morgan fingerprint density at radius 1 is 1.14 bits per heavy atom. The van der Waals surface area contributed by atoms with E-state index in [-0.39, 0.29) is 5.75 Å². The van der Waals surface area contributed by atoms with Gasteiger partial charge in [-0.25, -0.2) is 13.1 Å². The van der Waals surface area contributed by atoms with Crippen molar-refractivity contribution in [3.63, 3.8) is 0 Å². The highest BCUT2D eigenvalue weighted by Crippen LogP contribution is 2.23. The van der Waals surface area contributed by atoms with Crippen molar-refractivity contribution in [3.05, 3.63) is 29.3 Å². The van der Waals surface area contributed by atoms with E-state index in [1.54, 1.807) is 6.92 Å². The summed E-state index contributed by atoms with van der Waals surface area (Å²) in [5.41, 5.74) is 4.00. The normalized spacial score (nSPS) is 15.8. The van der Waals surface area contributed by atoms with E-state index in [0.717, 1.165) is 38.7 Å². The maximum Gasteiger partial charge on any atom is 0.211 e. The fraction of sp³-hybridized carbons (Fsp3) is 0.650. The molecular weight excluding hydrogens is 374 g/mol. The zero-order chi connectivity index (χ0) is 20.6. The summed E-state index contributed by atoms with van der Waals surface area (Å²) in [4.78, 5) is 9.43. The van der Waals surface area contributed by atoms with Crippen molar-refractivity contribution in [2.24, 2.45) is 4.99 Å². The maximum atomic E-state index is 11.5. The van der Waals surface area contributed by atoms with Crippen molar-refractivity contribution < 1.29 is 8.42 Å². The molecule has 0 saturated carbocycles. The van der Waals surface area contributed by atoms with Gasteiger partial charge in [-0.1, -0.05) is 12.1 Å². The molecule has 158 valence electrons. The molecule has 0 aliphatic carbocycles. The summed E-state index contributed by atoms with van der Waals surface area (Å²) in [5, 5.41) is 3.36. The van der Waals surface area contributed by atoms with E-state index in [2.05, 4.69) is 58.8 Å². The first-order valence-corrected chi connectivity index (χ1v) is 11.8. The van der Waals surface area contributed by atoms with Crippen LogP contribution in [-0.2, 0) is 10.0 Å². The van der Waals surface area contributed by atoms with Crippen LogP contribution >= 0.6 is 0 Å². The van der Waals surface area contributed by atoms with Crippen molar-refractivity contribution in [2.45, 2.75) is 34.1 Å². The van der Waals surface area contributed by atoms with Crippen LogP contribution in [-0.4, -0.2) is 70.8 Å². The number of hydrogen-bond donors (Lipinski definition) is 2. The smallest absolute Gasteiger partial charge is 0.211 e. The van der Waals surface area contributed by atoms with E-state index in [1.807, 2.05) is 0 Å². The van der Waals surface area contributed by atoms with Gasteiger partial charge in [0.2, 0.25) is 10.0 Å². The van der Waals surface area contributed by atoms with Gasteiger partial charge in [0.05, 0.1) is 5.75 Å². The number of guanidine groups is 1. The number of rotatable bonds is 8. The van der Waals surface area contributed by atoms with Crippen LogP contribution < -0.4 is 14.9 Å². The molecule has 0 bridgehead atoms. The van der Waals surface area contributed by atoms with E-state index in [4.69, 9.17) is 4.99 Å². The number of nitrogens with one attached hydrogen (secondary N) is 2. The van der Waals surface area contributed by atoms with Crippen molar-refractivity contribution in [2.75, 3.05) is 56.5 Å². The summed E-state index contributed by atoms with van der Waals surface area (Å²) in [6.45, 7) is 13.7. The topological polar surface area (TPSA) is 77.0 Å². The molecular formula is C20H35N5O2S. The number of sulfonamides is 1. The highest BCUT2D eigenvalue weighted by Gasteiger charge is 2.21. The minimum Gasteiger partial charge on any atom is -0.368 e. The highest BCUT2D eigenvalue weighted by atomic mass is 32.2. The average molecular weight is 410 g/mol. The number of benzene rings is 1. The number of aliphatic imine (C=N–C) groups is 1. The zero-order valence-corrected chi connectivity index (χ0v) is 18.5. The monoisotopic (exact) mass is 409 g/mol. The first-order valence-electron chi connectivity index (χ1n) is 10.2. The number of piperazine rings is 1. The van der Waals surface area contributed by atoms with Crippen LogP contribution in [0.3, 0.4) is 0 Å². The van der Waals surface area contributed by atoms with E-state index >= 15 is 0 Å². The van der Waals surface area contributed by atoms with Crippen LogP contribution in [0.15, 0.2) is 23.2 Å². The van der Waals surface area contributed by atoms with Gasteiger partial charge in [-0.05, 0) is 51.3 Å². The Kier molecular flexibility index (Phi) is 8.57. The fourth-order valence-electron chi connectivity index (χ4n) is 3.26. The molecule has 1 aliphatic rings. The molecule has 0 aromatic heterocycles. The van der Waals surface area contributed by atoms with E-state index < -0.39 is 10.0 Å². The Hall–Kier alpha value is -1.80. The Morgan fingerprint density at radius 2 is 1.86 bits per heavy atom. The summed E-state index contributed by atoms with van der Waals surface area (Å²) < 4.78 is 25.5.